The molecule has 0 aromatic heterocycles. The molecule has 1 aliphatic rings. The van der Waals surface area contributed by atoms with Gasteiger partial charge in [-0.05, 0) is 13.0 Å². The Kier molecular flexibility index (Phi) is 4.49. The number of hydrogen-bond acceptors (Lipinski definition) is 4. The normalized spacial score (nSPS) is 23.3. The SMILES string of the molecule is CCOC(=O)/C=C/C1CNCCO1. The number of esters is 1. The Balaban J connectivity index is 2.24. The third-order valence-corrected chi connectivity index (χ3v) is 1.69. The van der Waals surface area contributed by atoms with E-state index in [0.717, 1.165) is 13.1 Å². The van der Waals surface area contributed by atoms with Crippen LogP contribution in [0.3, 0.4) is 0 Å². The second-order valence-electron chi connectivity index (χ2n) is 2.72. The predicted molar refractivity (Wildman–Crippen MR) is 48.4 cm³/mol. The van der Waals surface area contributed by atoms with Crippen LogP contribution in [0.1, 0.15) is 6.92 Å². The summed E-state index contributed by atoms with van der Waals surface area (Å²) in [6.07, 6.45) is 3.14. The van der Waals surface area contributed by atoms with E-state index in [2.05, 4.69) is 5.32 Å². The number of nitrogens with one attached hydrogen (secondary N) is 1. The second kappa shape index (κ2) is 5.72. The summed E-state index contributed by atoms with van der Waals surface area (Å²) >= 11 is 0. The van der Waals surface area contributed by atoms with Crippen molar-refractivity contribution < 1.29 is 14.3 Å². The van der Waals surface area contributed by atoms with Crippen LogP contribution in [0, 0.1) is 0 Å². The van der Waals surface area contributed by atoms with Gasteiger partial charge in [0.15, 0.2) is 0 Å². The van der Waals surface area contributed by atoms with E-state index in [4.69, 9.17) is 9.47 Å². The van der Waals surface area contributed by atoms with Crippen LogP contribution >= 0.6 is 0 Å². The topological polar surface area (TPSA) is 47.6 Å². The number of ether oxygens (including phenoxy) is 2. The van der Waals surface area contributed by atoms with Gasteiger partial charge in [0.05, 0.1) is 19.3 Å². The first-order valence-corrected chi connectivity index (χ1v) is 4.50. The third kappa shape index (κ3) is 4.05. The fraction of sp³-hybridized carbons (Fsp3) is 0.667. The van der Waals surface area contributed by atoms with Crippen LogP contribution in [0.25, 0.3) is 0 Å². The minimum absolute atomic E-state index is 0.00171. The van der Waals surface area contributed by atoms with Crippen molar-refractivity contribution in [1.82, 2.24) is 5.32 Å². The number of morpholine rings is 1. The molecule has 1 N–H and O–H groups in total. The van der Waals surface area contributed by atoms with Crippen molar-refractivity contribution in [3.8, 4) is 0 Å². The second-order valence-corrected chi connectivity index (χ2v) is 2.72. The van der Waals surface area contributed by atoms with Gasteiger partial charge in [0.25, 0.3) is 0 Å². The van der Waals surface area contributed by atoms with E-state index in [0.29, 0.717) is 13.2 Å². The number of carbonyl (C=O) groups excluding carboxylic acids is 1. The Morgan fingerprint density at radius 2 is 2.62 bits per heavy atom. The van der Waals surface area contributed by atoms with Gasteiger partial charge in [-0.1, -0.05) is 0 Å². The van der Waals surface area contributed by atoms with E-state index in [9.17, 15) is 4.79 Å². The molecule has 0 aromatic rings. The van der Waals surface area contributed by atoms with E-state index >= 15 is 0 Å². The Morgan fingerprint density at radius 3 is 3.23 bits per heavy atom. The zero-order valence-electron chi connectivity index (χ0n) is 7.79. The average molecular weight is 185 g/mol. The summed E-state index contributed by atoms with van der Waals surface area (Å²) in [6, 6.07) is 0. The van der Waals surface area contributed by atoms with Crippen LogP contribution in [0.5, 0.6) is 0 Å². The highest BCUT2D eigenvalue weighted by atomic mass is 16.5. The van der Waals surface area contributed by atoms with Gasteiger partial charge in [0.1, 0.15) is 0 Å². The van der Waals surface area contributed by atoms with Crippen molar-refractivity contribution in [3.63, 3.8) is 0 Å². The van der Waals surface area contributed by atoms with E-state index < -0.39 is 0 Å². The van der Waals surface area contributed by atoms with Crippen LogP contribution in [-0.4, -0.2) is 38.4 Å². The molecule has 0 amide bonds. The molecule has 13 heavy (non-hydrogen) atoms. The smallest absolute Gasteiger partial charge is 0.330 e. The minimum Gasteiger partial charge on any atom is -0.463 e. The summed E-state index contributed by atoms with van der Waals surface area (Å²) in [5, 5.41) is 3.16. The number of hydrogen-bond donors (Lipinski definition) is 1. The lowest BCUT2D eigenvalue weighted by Gasteiger charge is -2.20. The Hall–Kier alpha value is -0.870. The van der Waals surface area contributed by atoms with Crippen molar-refractivity contribution in [2.24, 2.45) is 0 Å². The molecular formula is C9H15NO3. The Morgan fingerprint density at radius 1 is 1.77 bits per heavy atom. The fourth-order valence-electron chi connectivity index (χ4n) is 1.09. The van der Waals surface area contributed by atoms with Crippen LogP contribution in [-0.2, 0) is 14.3 Å². The van der Waals surface area contributed by atoms with Gasteiger partial charge in [-0.2, -0.15) is 0 Å². The molecule has 1 fully saturated rings. The monoisotopic (exact) mass is 185 g/mol. The summed E-state index contributed by atoms with van der Waals surface area (Å²) in [6.45, 7) is 4.52. The fourth-order valence-corrected chi connectivity index (χ4v) is 1.09. The lowest BCUT2D eigenvalue weighted by atomic mass is 10.3. The molecule has 74 valence electrons. The van der Waals surface area contributed by atoms with Gasteiger partial charge >= 0.3 is 5.97 Å². The van der Waals surface area contributed by atoms with Crippen molar-refractivity contribution in [2.75, 3.05) is 26.3 Å². The first-order chi connectivity index (χ1) is 6.33. The molecule has 1 unspecified atom stereocenters. The van der Waals surface area contributed by atoms with Crippen LogP contribution in [0.4, 0.5) is 0 Å². The highest BCUT2D eigenvalue weighted by Gasteiger charge is 2.09. The molecule has 1 atom stereocenters. The quantitative estimate of drug-likeness (QED) is 0.500. The zero-order valence-corrected chi connectivity index (χ0v) is 7.79. The Labute approximate surface area is 77.9 Å². The Bertz CT molecular complexity index is 185. The molecule has 1 rings (SSSR count). The van der Waals surface area contributed by atoms with Crippen molar-refractivity contribution in [2.45, 2.75) is 13.0 Å². The number of rotatable bonds is 3. The molecule has 0 bridgehead atoms. The summed E-state index contributed by atoms with van der Waals surface area (Å²) < 4.78 is 10.1. The van der Waals surface area contributed by atoms with Gasteiger partial charge in [-0.15, -0.1) is 0 Å². The van der Waals surface area contributed by atoms with Gasteiger partial charge < -0.3 is 14.8 Å². The summed E-state index contributed by atoms with van der Waals surface area (Å²) in [4.78, 5) is 10.9. The number of carbonyl (C=O) groups is 1. The van der Waals surface area contributed by atoms with E-state index in [-0.39, 0.29) is 12.1 Å². The molecule has 4 nitrogen and oxygen atoms in total. The molecular weight excluding hydrogens is 170 g/mol. The lowest BCUT2D eigenvalue weighted by Crippen LogP contribution is -2.37. The van der Waals surface area contributed by atoms with Gasteiger partial charge in [-0.25, -0.2) is 4.79 Å². The maximum absolute atomic E-state index is 10.9. The first kappa shape index (κ1) is 10.2. The molecule has 0 aliphatic carbocycles. The van der Waals surface area contributed by atoms with E-state index in [1.807, 2.05) is 0 Å². The molecule has 1 aliphatic heterocycles. The lowest BCUT2D eigenvalue weighted by molar-refractivity contribution is -0.137. The van der Waals surface area contributed by atoms with E-state index in [1.54, 1.807) is 13.0 Å². The molecule has 0 spiro atoms. The van der Waals surface area contributed by atoms with Crippen LogP contribution in [0.15, 0.2) is 12.2 Å². The maximum Gasteiger partial charge on any atom is 0.330 e. The molecule has 1 saturated heterocycles. The average Bonchev–Trinajstić information content (AvgIpc) is 2.17. The standard InChI is InChI=1S/C9H15NO3/c1-2-12-9(11)4-3-8-7-10-5-6-13-8/h3-4,8,10H,2,5-7H2,1H3/b4-3+. The largest absolute Gasteiger partial charge is 0.463 e. The molecule has 1 heterocycles. The van der Waals surface area contributed by atoms with Crippen LogP contribution in [0.2, 0.25) is 0 Å². The van der Waals surface area contributed by atoms with E-state index in [1.165, 1.54) is 6.08 Å². The van der Waals surface area contributed by atoms with Gasteiger partial charge in [0, 0.05) is 19.2 Å². The van der Waals surface area contributed by atoms with Crippen molar-refractivity contribution in [3.05, 3.63) is 12.2 Å². The predicted octanol–water partition coefficient (Wildman–Crippen LogP) is 0.0941. The highest BCUT2D eigenvalue weighted by molar-refractivity contribution is 5.81. The molecule has 4 heteroatoms. The van der Waals surface area contributed by atoms with Crippen LogP contribution < -0.4 is 5.32 Å². The zero-order chi connectivity index (χ0) is 9.52. The summed E-state index contributed by atoms with van der Waals surface area (Å²) in [7, 11) is 0. The minimum atomic E-state index is -0.309. The molecule has 0 saturated carbocycles. The first-order valence-electron chi connectivity index (χ1n) is 4.50. The summed E-state index contributed by atoms with van der Waals surface area (Å²) in [5.41, 5.74) is 0. The van der Waals surface area contributed by atoms with Crippen molar-refractivity contribution >= 4 is 5.97 Å². The third-order valence-electron chi connectivity index (χ3n) is 1.69. The molecule has 0 radical (unpaired) electrons. The van der Waals surface area contributed by atoms with Crippen molar-refractivity contribution in [1.29, 1.82) is 0 Å². The summed E-state index contributed by atoms with van der Waals surface area (Å²) in [5.74, 6) is -0.309. The van der Waals surface area contributed by atoms with Gasteiger partial charge in [-0.3, -0.25) is 0 Å². The maximum atomic E-state index is 10.9. The van der Waals surface area contributed by atoms with Gasteiger partial charge in [0.2, 0.25) is 0 Å². The molecule has 0 aromatic carbocycles. The highest BCUT2D eigenvalue weighted by Crippen LogP contribution is 1.97.